The zero-order valence-electron chi connectivity index (χ0n) is 18.9. The fourth-order valence-electron chi connectivity index (χ4n) is 3.68. The van der Waals surface area contributed by atoms with Crippen LogP contribution in [0.25, 0.3) is 21.8 Å². The van der Waals surface area contributed by atoms with Gasteiger partial charge in [0.25, 0.3) is 0 Å². The molecule has 4 rings (SSSR count). The topological polar surface area (TPSA) is 139 Å². The molecule has 0 saturated carbocycles. The van der Waals surface area contributed by atoms with E-state index < -0.39 is 16.5 Å². The molecule has 0 radical (unpaired) electrons. The normalized spacial score (nSPS) is 12.5. The Kier molecular flexibility index (Phi) is 7.61. The second-order valence-electron chi connectivity index (χ2n) is 7.69. The molecule has 3 aromatic carbocycles. The number of nitrogens with one attached hydrogen (secondary N) is 2. The number of methoxy groups -OCH3 is 1. The highest BCUT2D eigenvalue weighted by atomic mass is 32.3. The van der Waals surface area contributed by atoms with Crippen molar-refractivity contribution in [1.29, 1.82) is 0 Å². The largest absolute Gasteiger partial charge is 0.493 e. The number of H-pyrrole nitrogens is 1. The lowest BCUT2D eigenvalue weighted by Crippen LogP contribution is -2.33. The van der Waals surface area contributed by atoms with Crippen LogP contribution in [0.1, 0.15) is 0 Å². The van der Waals surface area contributed by atoms with Gasteiger partial charge < -0.3 is 33.8 Å². The van der Waals surface area contributed by atoms with Crippen LogP contribution in [0.4, 0.5) is 0 Å². The quantitative estimate of drug-likeness (QED) is 0.170. The molecule has 35 heavy (non-hydrogen) atoms. The molecular formula is C24H26N2O8S. The molecule has 4 aromatic rings. The SMILES string of the molecule is COc1ccc(OS(=O)(=O)O)cc1OCCNC[C@H](O)COc1cccc2[nH]c3ccccc3c12. The van der Waals surface area contributed by atoms with Crippen molar-refractivity contribution in [3.8, 4) is 23.0 Å². The zero-order valence-corrected chi connectivity index (χ0v) is 19.7. The summed E-state index contributed by atoms with van der Waals surface area (Å²) in [5, 5.41) is 15.4. The smallest absolute Gasteiger partial charge is 0.446 e. The molecule has 0 aliphatic heterocycles. The van der Waals surface area contributed by atoms with Crippen LogP contribution in [0.3, 0.4) is 0 Å². The van der Waals surface area contributed by atoms with Crippen LogP contribution in [0, 0.1) is 0 Å². The van der Waals surface area contributed by atoms with Crippen LogP contribution in [0.15, 0.2) is 60.7 Å². The highest BCUT2D eigenvalue weighted by molar-refractivity contribution is 7.81. The van der Waals surface area contributed by atoms with Gasteiger partial charge >= 0.3 is 10.4 Å². The third-order valence-corrected chi connectivity index (χ3v) is 5.58. The van der Waals surface area contributed by atoms with Crippen molar-refractivity contribution in [3.05, 3.63) is 60.7 Å². The molecule has 0 fully saturated rings. The number of aromatic nitrogens is 1. The van der Waals surface area contributed by atoms with Gasteiger partial charge in [0.2, 0.25) is 0 Å². The molecule has 10 nitrogen and oxygen atoms in total. The minimum atomic E-state index is -4.65. The van der Waals surface area contributed by atoms with E-state index in [4.69, 9.17) is 18.8 Å². The highest BCUT2D eigenvalue weighted by Crippen LogP contribution is 2.33. The predicted octanol–water partition coefficient (Wildman–Crippen LogP) is 2.92. The summed E-state index contributed by atoms with van der Waals surface area (Å²) in [5.41, 5.74) is 1.99. The van der Waals surface area contributed by atoms with Crippen LogP contribution in [-0.4, -0.2) is 62.6 Å². The number of hydrogen-bond donors (Lipinski definition) is 4. The molecule has 0 bridgehead atoms. The summed E-state index contributed by atoms with van der Waals surface area (Å²) in [6, 6.07) is 17.8. The van der Waals surface area contributed by atoms with Gasteiger partial charge in [0.05, 0.1) is 12.6 Å². The molecule has 0 amide bonds. The van der Waals surface area contributed by atoms with E-state index in [1.54, 1.807) is 0 Å². The van der Waals surface area contributed by atoms with Crippen molar-refractivity contribution < 1.29 is 36.5 Å². The monoisotopic (exact) mass is 502 g/mol. The Morgan fingerprint density at radius 1 is 0.971 bits per heavy atom. The number of aromatic amines is 1. The van der Waals surface area contributed by atoms with Crippen molar-refractivity contribution in [1.82, 2.24) is 10.3 Å². The average molecular weight is 503 g/mol. The molecule has 0 unspecified atom stereocenters. The predicted molar refractivity (Wildman–Crippen MR) is 131 cm³/mol. The van der Waals surface area contributed by atoms with E-state index in [1.807, 2.05) is 42.5 Å². The Morgan fingerprint density at radius 3 is 2.57 bits per heavy atom. The first-order chi connectivity index (χ1) is 16.8. The van der Waals surface area contributed by atoms with E-state index >= 15 is 0 Å². The number of fused-ring (bicyclic) bond motifs is 3. The van der Waals surface area contributed by atoms with Crippen LogP contribution in [0.2, 0.25) is 0 Å². The van der Waals surface area contributed by atoms with Crippen LogP contribution < -0.4 is 23.7 Å². The molecular weight excluding hydrogens is 476 g/mol. The second kappa shape index (κ2) is 10.8. The maximum atomic E-state index is 10.9. The molecule has 0 aliphatic carbocycles. The molecule has 1 heterocycles. The van der Waals surface area contributed by atoms with Crippen molar-refractivity contribution >= 4 is 32.2 Å². The van der Waals surface area contributed by atoms with Gasteiger partial charge in [0, 0.05) is 35.4 Å². The lowest BCUT2D eigenvalue weighted by atomic mass is 10.1. The first-order valence-electron chi connectivity index (χ1n) is 10.8. The first-order valence-corrected chi connectivity index (χ1v) is 12.2. The zero-order chi connectivity index (χ0) is 24.8. The lowest BCUT2D eigenvalue weighted by molar-refractivity contribution is 0.106. The molecule has 4 N–H and O–H groups in total. The fourth-order valence-corrected chi connectivity index (χ4v) is 4.03. The van der Waals surface area contributed by atoms with Gasteiger partial charge in [-0.25, -0.2) is 0 Å². The number of rotatable bonds is 12. The van der Waals surface area contributed by atoms with Gasteiger partial charge in [-0.3, -0.25) is 4.55 Å². The summed E-state index contributed by atoms with van der Waals surface area (Å²) in [6.07, 6.45) is -0.753. The van der Waals surface area contributed by atoms with E-state index in [9.17, 15) is 13.5 Å². The number of aliphatic hydroxyl groups is 1. The van der Waals surface area contributed by atoms with Crippen LogP contribution >= 0.6 is 0 Å². The summed E-state index contributed by atoms with van der Waals surface area (Å²) in [5.74, 6) is 1.19. The lowest BCUT2D eigenvalue weighted by Gasteiger charge is -2.15. The molecule has 0 spiro atoms. The van der Waals surface area contributed by atoms with E-state index in [0.29, 0.717) is 18.0 Å². The third kappa shape index (κ3) is 6.34. The minimum absolute atomic E-state index is 0.106. The Balaban J connectivity index is 1.26. The van der Waals surface area contributed by atoms with Gasteiger partial charge in [-0.1, -0.05) is 24.3 Å². The number of para-hydroxylation sites is 1. The molecule has 11 heteroatoms. The standard InChI is InChI=1S/C24H26N2O8S/c1-31-21-10-9-17(34-35(28,29)30)13-23(21)32-12-11-25-14-16(27)15-33-22-8-4-7-20-24(22)18-5-2-3-6-19(18)26-20/h2-10,13,16,25-27H,11-12,14-15H2,1H3,(H,28,29,30)/t16-/m0/s1. The van der Waals surface area contributed by atoms with Gasteiger partial charge in [0.15, 0.2) is 11.5 Å². The van der Waals surface area contributed by atoms with E-state index in [-0.39, 0.29) is 31.3 Å². The number of ether oxygens (including phenoxy) is 3. The van der Waals surface area contributed by atoms with Crippen molar-refractivity contribution in [3.63, 3.8) is 0 Å². The Bertz CT molecular complexity index is 1400. The maximum absolute atomic E-state index is 10.9. The molecule has 1 atom stereocenters. The van der Waals surface area contributed by atoms with Crippen LogP contribution in [0.5, 0.6) is 23.0 Å². The summed E-state index contributed by atoms with van der Waals surface area (Å²) < 4.78 is 51.8. The minimum Gasteiger partial charge on any atom is -0.493 e. The second-order valence-corrected chi connectivity index (χ2v) is 8.71. The maximum Gasteiger partial charge on any atom is 0.446 e. The van der Waals surface area contributed by atoms with E-state index in [2.05, 4.69) is 14.5 Å². The molecule has 0 aliphatic rings. The van der Waals surface area contributed by atoms with E-state index in [0.717, 1.165) is 21.8 Å². The highest BCUT2D eigenvalue weighted by Gasteiger charge is 2.13. The van der Waals surface area contributed by atoms with Crippen LogP contribution in [-0.2, 0) is 10.4 Å². The van der Waals surface area contributed by atoms with Gasteiger partial charge in [-0.2, -0.15) is 8.42 Å². The number of benzene rings is 3. The molecule has 1 aromatic heterocycles. The van der Waals surface area contributed by atoms with Gasteiger partial charge in [0.1, 0.15) is 30.8 Å². The summed E-state index contributed by atoms with van der Waals surface area (Å²) in [7, 11) is -3.21. The fraction of sp³-hybridized carbons (Fsp3) is 0.250. The Hall–Kier alpha value is -3.51. The van der Waals surface area contributed by atoms with Crippen molar-refractivity contribution in [2.75, 3.05) is 33.4 Å². The number of aliphatic hydroxyl groups excluding tert-OH is 1. The Morgan fingerprint density at radius 2 is 1.77 bits per heavy atom. The molecule has 0 saturated heterocycles. The Labute approximate surface area is 202 Å². The third-order valence-electron chi connectivity index (χ3n) is 5.18. The average Bonchev–Trinajstić information content (AvgIpc) is 3.21. The van der Waals surface area contributed by atoms with Crippen molar-refractivity contribution in [2.24, 2.45) is 0 Å². The van der Waals surface area contributed by atoms with E-state index in [1.165, 1.54) is 25.3 Å². The number of hydrogen-bond acceptors (Lipinski definition) is 8. The van der Waals surface area contributed by atoms with Crippen molar-refractivity contribution in [2.45, 2.75) is 6.10 Å². The van der Waals surface area contributed by atoms with Gasteiger partial charge in [-0.05, 0) is 30.3 Å². The summed E-state index contributed by atoms with van der Waals surface area (Å²) in [6.45, 7) is 0.973. The summed E-state index contributed by atoms with van der Waals surface area (Å²) >= 11 is 0. The van der Waals surface area contributed by atoms with Gasteiger partial charge in [-0.15, -0.1) is 0 Å². The summed E-state index contributed by atoms with van der Waals surface area (Å²) in [4.78, 5) is 3.36. The molecule has 186 valence electrons. The first kappa shape index (κ1) is 24.6.